The fraction of sp³-hybridized carbons (Fsp3) is 0.500. The number of fused-ring (bicyclic) bond motifs is 1. The molecule has 2 aromatic heterocycles. The van der Waals surface area contributed by atoms with E-state index in [2.05, 4.69) is 21.5 Å². The van der Waals surface area contributed by atoms with Gasteiger partial charge in [-0.2, -0.15) is 0 Å². The minimum Gasteiger partial charge on any atom is -0.468 e. The Morgan fingerprint density at radius 1 is 1.53 bits per heavy atom. The number of hydrogen-bond acceptors (Lipinski definition) is 4. The number of aromatic nitrogens is 2. The van der Waals surface area contributed by atoms with Gasteiger partial charge in [0.05, 0.1) is 31.4 Å². The maximum absolute atomic E-state index is 5.43. The first-order chi connectivity index (χ1) is 9.28. The molecule has 5 nitrogen and oxygen atoms in total. The normalized spacial score (nSPS) is 19.6. The average molecular weight is 261 g/mol. The molecule has 19 heavy (non-hydrogen) atoms. The minimum atomic E-state index is 0.371. The highest BCUT2D eigenvalue weighted by Gasteiger charge is 2.29. The standard InChI is InChI=1S/C14H19N3O2/c1-16-10-15-13-8-17(7-12-4-3-5-19-12)6-11(9-18-2)14(13)16/h3-5,10-11H,6-9H2,1-2H3/t11-/m0/s1. The fourth-order valence-electron chi connectivity index (χ4n) is 2.88. The van der Waals surface area contributed by atoms with Gasteiger partial charge in [-0.3, -0.25) is 4.90 Å². The molecular formula is C14H19N3O2. The van der Waals surface area contributed by atoms with Crippen LogP contribution < -0.4 is 0 Å². The molecule has 3 rings (SSSR count). The zero-order valence-electron chi connectivity index (χ0n) is 11.4. The van der Waals surface area contributed by atoms with Crippen LogP contribution in [-0.4, -0.2) is 34.7 Å². The number of imidazole rings is 1. The lowest BCUT2D eigenvalue weighted by atomic mass is 9.99. The molecule has 0 saturated carbocycles. The van der Waals surface area contributed by atoms with Crippen LogP contribution in [0.1, 0.15) is 23.1 Å². The predicted molar refractivity (Wildman–Crippen MR) is 70.6 cm³/mol. The van der Waals surface area contributed by atoms with E-state index >= 15 is 0 Å². The Hall–Kier alpha value is -1.59. The number of ether oxygens (including phenoxy) is 1. The first kappa shape index (κ1) is 12.4. The second-order valence-electron chi connectivity index (χ2n) is 5.09. The molecule has 1 aliphatic heterocycles. The van der Waals surface area contributed by atoms with E-state index in [4.69, 9.17) is 9.15 Å². The van der Waals surface area contributed by atoms with Gasteiger partial charge in [0.15, 0.2) is 0 Å². The van der Waals surface area contributed by atoms with Crippen molar-refractivity contribution in [1.82, 2.24) is 14.5 Å². The molecule has 2 aromatic rings. The van der Waals surface area contributed by atoms with Crippen LogP contribution in [-0.2, 0) is 24.9 Å². The van der Waals surface area contributed by atoms with Crippen molar-refractivity contribution in [3.05, 3.63) is 41.9 Å². The Morgan fingerprint density at radius 2 is 2.42 bits per heavy atom. The van der Waals surface area contributed by atoms with Gasteiger partial charge in [0.1, 0.15) is 5.76 Å². The second-order valence-corrected chi connectivity index (χ2v) is 5.09. The summed E-state index contributed by atoms with van der Waals surface area (Å²) in [6, 6.07) is 3.94. The highest BCUT2D eigenvalue weighted by atomic mass is 16.5. The van der Waals surface area contributed by atoms with Gasteiger partial charge < -0.3 is 13.7 Å². The molecule has 0 bridgehead atoms. The molecular weight excluding hydrogens is 242 g/mol. The van der Waals surface area contributed by atoms with Gasteiger partial charge in [-0.05, 0) is 12.1 Å². The Balaban J connectivity index is 1.80. The average Bonchev–Trinajstić information content (AvgIpc) is 3.00. The second kappa shape index (κ2) is 5.19. The molecule has 3 heterocycles. The first-order valence-electron chi connectivity index (χ1n) is 6.51. The Bertz CT molecular complexity index is 533. The molecule has 0 radical (unpaired) electrons. The van der Waals surface area contributed by atoms with Crippen LogP contribution in [0.5, 0.6) is 0 Å². The summed E-state index contributed by atoms with van der Waals surface area (Å²) in [5.41, 5.74) is 2.46. The number of nitrogens with zero attached hydrogens (tertiary/aromatic N) is 3. The molecule has 0 amide bonds. The van der Waals surface area contributed by atoms with Gasteiger partial charge in [0.2, 0.25) is 0 Å². The van der Waals surface area contributed by atoms with Crippen molar-refractivity contribution in [2.75, 3.05) is 20.3 Å². The lowest BCUT2D eigenvalue weighted by Crippen LogP contribution is -2.35. The van der Waals surface area contributed by atoms with E-state index in [0.29, 0.717) is 5.92 Å². The highest BCUT2D eigenvalue weighted by molar-refractivity contribution is 5.22. The van der Waals surface area contributed by atoms with Crippen LogP contribution in [0.4, 0.5) is 0 Å². The third kappa shape index (κ3) is 2.43. The van der Waals surface area contributed by atoms with Crippen molar-refractivity contribution in [2.45, 2.75) is 19.0 Å². The van der Waals surface area contributed by atoms with E-state index in [-0.39, 0.29) is 0 Å². The summed E-state index contributed by atoms with van der Waals surface area (Å²) in [4.78, 5) is 6.86. The monoisotopic (exact) mass is 261 g/mol. The number of rotatable bonds is 4. The van der Waals surface area contributed by atoms with Gasteiger partial charge >= 0.3 is 0 Å². The van der Waals surface area contributed by atoms with Crippen LogP contribution in [0.2, 0.25) is 0 Å². The van der Waals surface area contributed by atoms with Gasteiger partial charge in [0.25, 0.3) is 0 Å². The summed E-state index contributed by atoms with van der Waals surface area (Å²) in [6.07, 6.45) is 3.61. The van der Waals surface area contributed by atoms with Crippen molar-refractivity contribution in [3.63, 3.8) is 0 Å². The Labute approximate surface area is 112 Å². The Kier molecular flexibility index (Phi) is 3.40. The lowest BCUT2D eigenvalue weighted by Gasteiger charge is -2.32. The summed E-state index contributed by atoms with van der Waals surface area (Å²) in [6.45, 7) is 3.39. The molecule has 0 spiro atoms. The van der Waals surface area contributed by atoms with Crippen LogP contribution >= 0.6 is 0 Å². The van der Waals surface area contributed by atoms with Crippen LogP contribution in [0.3, 0.4) is 0 Å². The van der Waals surface area contributed by atoms with Crippen LogP contribution in [0.15, 0.2) is 29.1 Å². The summed E-state index contributed by atoms with van der Waals surface area (Å²) in [5, 5.41) is 0. The maximum atomic E-state index is 5.43. The zero-order valence-corrected chi connectivity index (χ0v) is 11.4. The van der Waals surface area contributed by atoms with E-state index in [0.717, 1.165) is 37.7 Å². The molecule has 0 N–H and O–H groups in total. The van der Waals surface area contributed by atoms with Gasteiger partial charge in [-0.15, -0.1) is 0 Å². The molecule has 1 atom stereocenters. The SMILES string of the molecule is COC[C@@H]1CN(Cc2ccco2)Cc2ncn(C)c21. The highest BCUT2D eigenvalue weighted by Crippen LogP contribution is 2.28. The number of furan rings is 1. The predicted octanol–water partition coefficient (Wildman–Crippen LogP) is 1.76. The fourth-order valence-corrected chi connectivity index (χ4v) is 2.88. The summed E-state index contributed by atoms with van der Waals surface area (Å²) in [7, 11) is 3.80. The molecule has 0 aromatic carbocycles. The Morgan fingerprint density at radius 3 is 3.16 bits per heavy atom. The van der Waals surface area contributed by atoms with Crippen LogP contribution in [0, 0.1) is 0 Å². The quantitative estimate of drug-likeness (QED) is 0.841. The van der Waals surface area contributed by atoms with E-state index in [1.54, 1.807) is 13.4 Å². The van der Waals surface area contributed by atoms with Crippen molar-refractivity contribution in [2.24, 2.45) is 7.05 Å². The number of aryl methyl sites for hydroxylation is 1. The van der Waals surface area contributed by atoms with Crippen molar-refractivity contribution in [1.29, 1.82) is 0 Å². The molecule has 0 fully saturated rings. The molecule has 0 saturated heterocycles. The van der Waals surface area contributed by atoms with E-state index in [9.17, 15) is 0 Å². The first-order valence-corrected chi connectivity index (χ1v) is 6.51. The minimum absolute atomic E-state index is 0.371. The zero-order chi connectivity index (χ0) is 13.2. The van der Waals surface area contributed by atoms with Gasteiger partial charge in [-0.25, -0.2) is 4.98 Å². The van der Waals surface area contributed by atoms with Gasteiger partial charge in [-0.1, -0.05) is 0 Å². The van der Waals surface area contributed by atoms with Crippen molar-refractivity contribution < 1.29 is 9.15 Å². The van der Waals surface area contributed by atoms with E-state index in [1.807, 2.05) is 18.5 Å². The maximum Gasteiger partial charge on any atom is 0.117 e. The van der Waals surface area contributed by atoms with E-state index in [1.165, 1.54) is 5.69 Å². The van der Waals surface area contributed by atoms with Gasteiger partial charge in [0, 0.05) is 38.9 Å². The largest absolute Gasteiger partial charge is 0.468 e. The summed E-state index contributed by atoms with van der Waals surface area (Å²) < 4.78 is 12.9. The molecule has 1 aliphatic rings. The van der Waals surface area contributed by atoms with E-state index < -0.39 is 0 Å². The van der Waals surface area contributed by atoms with Crippen LogP contribution in [0.25, 0.3) is 0 Å². The number of hydrogen-bond donors (Lipinski definition) is 0. The van der Waals surface area contributed by atoms with Crippen molar-refractivity contribution >= 4 is 0 Å². The summed E-state index contributed by atoms with van der Waals surface area (Å²) >= 11 is 0. The summed E-state index contributed by atoms with van der Waals surface area (Å²) in [5.74, 6) is 1.37. The lowest BCUT2D eigenvalue weighted by molar-refractivity contribution is 0.128. The van der Waals surface area contributed by atoms with Crippen molar-refractivity contribution in [3.8, 4) is 0 Å². The molecule has 102 valence electrons. The smallest absolute Gasteiger partial charge is 0.117 e. The third-order valence-corrected chi connectivity index (χ3v) is 3.63. The molecule has 0 aliphatic carbocycles. The molecule has 0 unspecified atom stereocenters. The topological polar surface area (TPSA) is 43.4 Å². The molecule has 5 heteroatoms. The third-order valence-electron chi connectivity index (χ3n) is 3.63. The number of methoxy groups -OCH3 is 1.